The van der Waals surface area contributed by atoms with Crippen LogP contribution in [0.2, 0.25) is 0 Å². The fourth-order valence-electron chi connectivity index (χ4n) is 1.80. The first kappa shape index (κ1) is 18.8. The van der Waals surface area contributed by atoms with Crippen LogP contribution in [0.15, 0.2) is 24.3 Å². The normalized spacial score (nSPS) is 12.0. The van der Waals surface area contributed by atoms with Crippen molar-refractivity contribution in [2.75, 3.05) is 36.5 Å². The molecule has 0 saturated carbocycles. The third-order valence-electron chi connectivity index (χ3n) is 2.84. The number of amides is 1. The van der Waals surface area contributed by atoms with E-state index in [1.165, 1.54) is 6.92 Å². The van der Waals surface area contributed by atoms with Crippen molar-refractivity contribution in [1.29, 1.82) is 0 Å². The summed E-state index contributed by atoms with van der Waals surface area (Å²) < 4.78 is 5.52. The van der Waals surface area contributed by atoms with Gasteiger partial charge in [-0.05, 0) is 48.7 Å². The number of carbonyl (C=O) groups excluding carboxylic acids is 1. The summed E-state index contributed by atoms with van der Waals surface area (Å²) in [5.74, 6) is 2.87. The van der Waals surface area contributed by atoms with E-state index < -0.39 is 6.10 Å². The maximum absolute atomic E-state index is 10.9. The molecular formula is C16H26N2O3S. The predicted molar refractivity (Wildman–Crippen MR) is 92.7 cm³/mol. The summed E-state index contributed by atoms with van der Waals surface area (Å²) >= 11 is 1.93. The molecule has 0 saturated heterocycles. The van der Waals surface area contributed by atoms with Crippen LogP contribution >= 0.6 is 11.8 Å². The third-order valence-corrected chi connectivity index (χ3v) is 3.83. The molecule has 0 spiro atoms. The molecule has 1 unspecified atom stereocenters. The Hall–Kier alpha value is -1.24. The molecular weight excluding hydrogens is 300 g/mol. The van der Waals surface area contributed by atoms with Gasteiger partial charge in [0.05, 0.1) is 0 Å². The van der Waals surface area contributed by atoms with E-state index in [0.717, 1.165) is 30.2 Å². The minimum Gasteiger partial charge on any atom is -0.491 e. The Morgan fingerprint density at radius 1 is 1.36 bits per heavy atom. The molecule has 22 heavy (non-hydrogen) atoms. The Balaban J connectivity index is 2.15. The third kappa shape index (κ3) is 8.92. The fraction of sp³-hybridized carbons (Fsp3) is 0.562. The summed E-state index contributed by atoms with van der Waals surface area (Å²) in [5, 5.41) is 15.7. The number of carbonyl (C=O) groups is 1. The first-order valence-electron chi connectivity index (χ1n) is 7.58. The van der Waals surface area contributed by atoms with Crippen LogP contribution in [0.5, 0.6) is 5.75 Å². The summed E-state index contributed by atoms with van der Waals surface area (Å²) in [6.45, 7) is 5.31. The van der Waals surface area contributed by atoms with Crippen molar-refractivity contribution in [3.63, 3.8) is 0 Å². The number of hydrogen-bond acceptors (Lipinski definition) is 5. The summed E-state index contributed by atoms with van der Waals surface area (Å²) in [6.07, 6.45) is 0.574. The minimum absolute atomic E-state index is 0.104. The average molecular weight is 326 g/mol. The van der Waals surface area contributed by atoms with Crippen LogP contribution in [0, 0.1) is 0 Å². The molecule has 0 aliphatic heterocycles. The molecule has 1 atom stereocenters. The molecule has 6 heteroatoms. The zero-order valence-corrected chi connectivity index (χ0v) is 14.1. The highest BCUT2D eigenvalue weighted by Crippen LogP contribution is 2.15. The van der Waals surface area contributed by atoms with Crippen molar-refractivity contribution < 1.29 is 14.6 Å². The number of anilines is 1. The van der Waals surface area contributed by atoms with Crippen LogP contribution in [0.4, 0.5) is 5.69 Å². The topological polar surface area (TPSA) is 70.6 Å². The zero-order chi connectivity index (χ0) is 16.2. The van der Waals surface area contributed by atoms with E-state index in [-0.39, 0.29) is 12.5 Å². The number of rotatable bonds is 11. The van der Waals surface area contributed by atoms with Crippen LogP contribution in [0.1, 0.15) is 20.3 Å². The van der Waals surface area contributed by atoms with Gasteiger partial charge in [0.1, 0.15) is 18.5 Å². The molecule has 124 valence electrons. The summed E-state index contributed by atoms with van der Waals surface area (Å²) in [7, 11) is 0. The van der Waals surface area contributed by atoms with Crippen molar-refractivity contribution in [2.24, 2.45) is 0 Å². The molecule has 0 aliphatic carbocycles. The van der Waals surface area contributed by atoms with Crippen molar-refractivity contribution in [2.45, 2.75) is 26.4 Å². The van der Waals surface area contributed by atoms with E-state index in [1.807, 2.05) is 11.8 Å². The van der Waals surface area contributed by atoms with Gasteiger partial charge in [0.25, 0.3) is 0 Å². The maximum Gasteiger partial charge on any atom is 0.221 e. The predicted octanol–water partition coefficient (Wildman–Crippen LogP) is 2.12. The largest absolute Gasteiger partial charge is 0.491 e. The lowest BCUT2D eigenvalue weighted by Gasteiger charge is -2.13. The maximum atomic E-state index is 10.9. The number of aliphatic hydroxyl groups excluding tert-OH is 1. The number of thioether (sulfide) groups is 1. The van der Waals surface area contributed by atoms with Gasteiger partial charge in [0.15, 0.2) is 0 Å². The van der Waals surface area contributed by atoms with Gasteiger partial charge in [-0.1, -0.05) is 6.92 Å². The van der Waals surface area contributed by atoms with Gasteiger partial charge in [0, 0.05) is 19.2 Å². The van der Waals surface area contributed by atoms with E-state index in [9.17, 15) is 9.90 Å². The minimum atomic E-state index is -0.533. The molecule has 0 radical (unpaired) electrons. The van der Waals surface area contributed by atoms with Gasteiger partial charge in [-0.2, -0.15) is 11.8 Å². The lowest BCUT2D eigenvalue weighted by Crippen LogP contribution is -2.32. The van der Waals surface area contributed by atoms with E-state index in [1.54, 1.807) is 24.3 Å². The van der Waals surface area contributed by atoms with Gasteiger partial charge in [0.2, 0.25) is 5.91 Å². The van der Waals surface area contributed by atoms with Crippen LogP contribution in [-0.2, 0) is 4.79 Å². The van der Waals surface area contributed by atoms with Crippen LogP contribution < -0.4 is 15.4 Å². The molecule has 1 aromatic rings. The van der Waals surface area contributed by atoms with Gasteiger partial charge in [-0.3, -0.25) is 4.79 Å². The molecule has 0 fully saturated rings. The second-order valence-corrected chi connectivity index (χ2v) is 6.32. The van der Waals surface area contributed by atoms with Crippen molar-refractivity contribution in [1.82, 2.24) is 5.32 Å². The number of hydrogen-bond donors (Lipinski definition) is 3. The van der Waals surface area contributed by atoms with E-state index in [2.05, 4.69) is 17.6 Å². The molecule has 1 aromatic carbocycles. The van der Waals surface area contributed by atoms with E-state index in [4.69, 9.17) is 4.74 Å². The molecule has 0 bridgehead atoms. The smallest absolute Gasteiger partial charge is 0.221 e. The monoisotopic (exact) mass is 326 g/mol. The van der Waals surface area contributed by atoms with Gasteiger partial charge in [-0.15, -0.1) is 0 Å². The first-order valence-corrected chi connectivity index (χ1v) is 8.74. The van der Waals surface area contributed by atoms with E-state index in [0.29, 0.717) is 12.3 Å². The molecule has 1 rings (SSSR count). The quantitative estimate of drug-likeness (QED) is 0.543. The lowest BCUT2D eigenvalue weighted by molar-refractivity contribution is -0.114. The first-order chi connectivity index (χ1) is 10.6. The SMILES string of the molecule is CCSCCCNCC(O)COc1ccc(NC(C)=O)cc1. The van der Waals surface area contributed by atoms with Crippen molar-refractivity contribution >= 4 is 23.4 Å². The van der Waals surface area contributed by atoms with Crippen LogP contribution in [0.25, 0.3) is 0 Å². The number of nitrogens with one attached hydrogen (secondary N) is 2. The highest BCUT2D eigenvalue weighted by atomic mass is 32.2. The zero-order valence-electron chi connectivity index (χ0n) is 13.3. The summed E-state index contributed by atoms with van der Waals surface area (Å²) in [5.41, 5.74) is 0.729. The Morgan fingerprint density at radius 3 is 2.73 bits per heavy atom. The Bertz CT molecular complexity index is 426. The molecule has 3 N–H and O–H groups in total. The Morgan fingerprint density at radius 2 is 2.09 bits per heavy atom. The fourth-order valence-corrected chi connectivity index (χ4v) is 2.44. The van der Waals surface area contributed by atoms with Gasteiger partial charge >= 0.3 is 0 Å². The van der Waals surface area contributed by atoms with Gasteiger partial charge in [-0.25, -0.2) is 0 Å². The second kappa shape index (κ2) is 11.3. The number of ether oxygens (including phenoxy) is 1. The highest BCUT2D eigenvalue weighted by molar-refractivity contribution is 7.99. The Labute approximate surface area is 136 Å². The molecule has 5 nitrogen and oxygen atoms in total. The van der Waals surface area contributed by atoms with Gasteiger partial charge < -0.3 is 20.5 Å². The van der Waals surface area contributed by atoms with Crippen molar-refractivity contribution in [3.8, 4) is 5.75 Å². The molecule has 0 aliphatic rings. The number of aliphatic hydroxyl groups is 1. The Kier molecular flexibility index (Phi) is 9.70. The molecule has 0 heterocycles. The average Bonchev–Trinajstić information content (AvgIpc) is 2.49. The molecule has 0 aromatic heterocycles. The van der Waals surface area contributed by atoms with Crippen molar-refractivity contribution in [3.05, 3.63) is 24.3 Å². The lowest BCUT2D eigenvalue weighted by atomic mass is 10.3. The number of benzene rings is 1. The van der Waals surface area contributed by atoms with Crippen LogP contribution in [0.3, 0.4) is 0 Å². The highest BCUT2D eigenvalue weighted by Gasteiger charge is 2.05. The molecule has 1 amide bonds. The van der Waals surface area contributed by atoms with E-state index >= 15 is 0 Å². The second-order valence-electron chi connectivity index (χ2n) is 4.92. The standard InChI is InChI=1S/C16H26N2O3S/c1-3-22-10-4-9-17-11-15(20)12-21-16-7-5-14(6-8-16)18-13(2)19/h5-8,15,17,20H,3-4,9-12H2,1-2H3,(H,18,19). The van der Waals surface area contributed by atoms with Crippen LogP contribution in [-0.4, -0.2) is 48.3 Å². The summed E-state index contributed by atoms with van der Waals surface area (Å²) in [6, 6.07) is 7.08. The summed E-state index contributed by atoms with van der Waals surface area (Å²) in [4.78, 5) is 10.9.